The number of nitrogens with zero attached hydrogens (tertiary/aromatic N) is 2. The molecule has 2 fully saturated rings. The largest absolute Gasteiger partial charge is 0.352 e. The van der Waals surface area contributed by atoms with Crippen molar-refractivity contribution in [2.75, 3.05) is 33.2 Å². The van der Waals surface area contributed by atoms with Gasteiger partial charge < -0.3 is 15.1 Å². The average Bonchev–Trinajstić information content (AvgIpc) is 3.27. The van der Waals surface area contributed by atoms with Gasteiger partial charge in [0.15, 0.2) is 0 Å². The van der Waals surface area contributed by atoms with Crippen LogP contribution in [0.4, 0.5) is 4.79 Å². The molecule has 2 aliphatic heterocycles. The number of rotatable bonds is 6. The van der Waals surface area contributed by atoms with Crippen molar-refractivity contribution in [3.05, 3.63) is 35.4 Å². The summed E-state index contributed by atoms with van der Waals surface area (Å²) in [6.07, 6.45) is 3.67. The second-order valence-corrected chi connectivity index (χ2v) is 9.64. The first-order chi connectivity index (χ1) is 13.9. The molecule has 2 N–H and O–H groups in total. The number of amides is 3. The zero-order valence-corrected chi connectivity index (χ0v) is 17.7. The van der Waals surface area contributed by atoms with E-state index in [4.69, 9.17) is 0 Å². The summed E-state index contributed by atoms with van der Waals surface area (Å²) in [6.45, 7) is 3.02. The minimum atomic E-state index is -3.39. The lowest BCUT2D eigenvalue weighted by Gasteiger charge is -2.34. The third kappa shape index (κ3) is 5.70. The number of sulfonamides is 1. The number of carbonyl (C=O) groups excluding carboxylic acids is 2. The van der Waals surface area contributed by atoms with Crippen LogP contribution in [0.3, 0.4) is 0 Å². The second kappa shape index (κ2) is 9.58. The molecule has 1 aromatic carbocycles. The number of benzene rings is 1. The van der Waals surface area contributed by atoms with Gasteiger partial charge in [0.1, 0.15) is 0 Å². The Morgan fingerprint density at radius 3 is 2.38 bits per heavy atom. The SMILES string of the molecule is CNS(=O)(=O)Cc1ccccc1CNC(=O)[C@H]1CCCN(C(=O)N2CCCC2)C1. The summed E-state index contributed by atoms with van der Waals surface area (Å²) in [5.41, 5.74) is 1.44. The Morgan fingerprint density at radius 2 is 1.69 bits per heavy atom. The molecule has 2 heterocycles. The van der Waals surface area contributed by atoms with Gasteiger partial charge in [0.2, 0.25) is 15.9 Å². The monoisotopic (exact) mass is 422 g/mol. The van der Waals surface area contributed by atoms with Crippen LogP contribution in [0.5, 0.6) is 0 Å². The summed E-state index contributed by atoms with van der Waals surface area (Å²) in [6, 6.07) is 7.24. The van der Waals surface area contributed by atoms with Gasteiger partial charge in [0.05, 0.1) is 11.7 Å². The van der Waals surface area contributed by atoms with Gasteiger partial charge in [-0.15, -0.1) is 0 Å². The van der Waals surface area contributed by atoms with E-state index >= 15 is 0 Å². The van der Waals surface area contributed by atoms with Crippen LogP contribution in [0.2, 0.25) is 0 Å². The van der Waals surface area contributed by atoms with E-state index in [0.29, 0.717) is 18.7 Å². The molecule has 0 spiro atoms. The molecule has 2 aliphatic rings. The van der Waals surface area contributed by atoms with Crippen molar-refractivity contribution in [1.29, 1.82) is 0 Å². The highest BCUT2D eigenvalue weighted by atomic mass is 32.2. The van der Waals surface area contributed by atoms with Crippen LogP contribution in [0.15, 0.2) is 24.3 Å². The number of nitrogens with one attached hydrogen (secondary N) is 2. The van der Waals surface area contributed by atoms with Crippen molar-refractivity contribution in [3.8, 4) is 0 Å². The first-order valence-corrected chi connectivity index (χ1v) is 11.8. The highest BCUT2D eigenvalue weighted by Crippen LogP contribution is 2.20. The van der Waals surface area contributed by atoms with Crippen molar-refractivity contribution >= 4 is 22.0 Å². The van der Waals surface area contributed by atoms with Gasteiger partial charge >= 0.3 is 6.03 Å². The van der Waals surface area contributed by atoms with E-state index in [0.717, 1.165) is 44.3 Å². The van der Waals surface area contributed by atoms with Gasteiger partial charge in [0, 0.05) is 32.7 Å². The molecule has 1 aromatic rings. The second-order valence-electron chi connectivity index (χ2n) is 7.71. The number of hydrogen-bond donors (Lipinski definition) is 2. The van der Waals surface area contributed by atoms with E-state index in [1.54, 1.807) is 17.0 Å². The van der Waals surface area contributed by atoms with E-state index < -0.39 is 10.0 Å². The number of likely N-dealkylation sites (tertiary alicyclic amines) is 2. The Kier molecular flexibility index (Phi) is 7.13. The lowest BCUT2D eigenvalue weighted by molar-refractivity contribution is -0.126. The van der Waals surface area contributed by atoms with E-state index in [9.17, 15) is 18.0 Å². The van der Waals surface area contributed by atoms with Crippen LogP contribution >= 0.6 is 0 Å². The molecular formula is C20H30N4O4S. The summed E-state index contributed by atoms with van der Waals surface area (Å²) < 4.78 is 26.1. The molecular weight excluding hydrogens is 392 g/mol. The molecule has 2 saturated heterocycles. The Labute approximate surface area is 172 Å². The fourth-order valence-corrected chi connectivity index (χ4v) is 4.78. The summed E-state index contributed by atoms with van der Waals surface area (Å²) in [4.78, 5) is 29.0. The van der Waals surface area contributed by atoms with Crippen molar-refractivity contribution < 1.29 is 18.0 Å². The molecule has 160 valence electrons. The summed E-state index contributed by atoms with van der Waals surface area (Å²) in [7, 11) is -2.00. The Balaban J connectivity index is 1.57. The molecule has 0 aliphatic carbocycles. The third-order valence-electron chi connectivity index (χ3n) is 5.67. The quantitative estimate of drug-likeness (QED) is 0.721. The van der Waals surface area contributed by atoms with E-state index in [1.807, 2.05) is 17.0 Å². The normalized spacial score (nSPS) is 20.0. The molecule has 0 saturated carbocycles. The fraction of sp³-hybridized carbons (Fsp3) is 0.600. The fourth-order valence-electron chi connectivity index (χ4n) is 3.95. The van der Waals surface area contributed by atoms with Crippen molar-refractivity contribution in [2.24, 2.45) is 5.92 Å². The molecule has 9 heteroatoms. The smallest absolute Gasteiger partial charge is 0.320 e. The number of hydrogen-bond acceptors (Lipinski definition) is 4. The molecule has 0 bridgehead atoms. The van der Waals surface area contributed by atoms with Gasteiger partial charge in [-0.25, -0.2) is 17.9 Å². The minimum Gasteiger partial charge on any atom is -0.352 e. The zero-order valence-electron chi connectivity index (χ0n) is 16.9. The summed E-state index contributed by atoms with van der Waals surface area (Å²) in [5.74, 6) is -0.449. The van der Waals surface area contributed by atoms with Gasteiger partial charge in [0.25, 0.3) is 0 Å². The van der Waals surface area contributed by atoms with Gasteiger partial charge in [-0.2, -0.15) is 0 Å². The maximum absolute atomic E-state index is 12.7. The van der Waals surface area contributed by atoms with Crippen molar-refractivity contribution in [1.82, 2.24) is 19.8 Å². The van der Waals surface area contributed by atoms with Gasteiger partial charge in [-0.05, 0) is 43.9 Å². The van der Waals surface area contributed by atoms with Crippen LogP contribution in [-0.2, 0) is 27.1 Å². The average molecular weight is 423 g/mol. The van der Waals surface area contributed by atoms with Crippen LogP contribution in [0.25, 0.3) is 0 Å². The third-order valence-corrected chi connectivity index (χ3v) is 6.98. The predicted octanol–water partition coefficient (Wildman–Crippen LogP) is 1.28. The molecule has 0 unspecified atom stereocenters. The first kappa shape index (κ1) is 21.6. The molecule has 3 rings (SSSR count). The van der Waals surface area contributed by atoms with Gasteiger partial charge in [-0.3, -0.25) is 4.79 Å². The Bertz CT molecular complexity index is 837. The van der Waals surface area contributed by atoms with Crippen molar-refractivity contribution in [2.45, 2.75) is 38.0 Å². The topological polar surface area (TPSA) is 98.8 Å². The van der Waals surface area contributed by atoms with E-state index in [1.165, 1.54) is 7.05 Å². The Hall–Kier alpha value is -2.13. The maximum Gasteiger partial charge on any atom is 0.320 e. The number of urea groups is 1. The van der Waals surface area contributed by atoms with Crippen LogP contribution in [0.1, 0.15) is 36.8 Å². The lowest BCUT2D eigenvalue weighted by atomic mass is 9.97. The molecule has 8 nitrogen and oxygen atoms in total. The molecule has 0 aromatic heterocycles. The highest BCUT2D eigenvalue weighted by Gasteiger charge is 2.31. The highest BCUT2D eigenvalue weighted by molar-refractivity contribution is 7.88. The first-order valence-electron chi connectivity index (χ1n) is 10.2. The number of carbonyl (C=O) groups is 2. The maximum atomic E-state index is 12.7. The van der Waals surface area contributed by atoms with Crippen LogP contribution in [0, 0.1) is 5.92 Å². The molecule has 0 radical (unpaired) electrons. The molecule has 29 heavy (non-hydrogen) atoms. The Morgan fingerprint density at radius 1 is 1.03 bits per heavy atom. The summed E-state index contributed by atoms with van der Waals surface area (Å²) >= 11 is 0. The van der Waals surface area contributed by atoms with Gasteiger partial charge in [-0.1, -0.05) is 24.3 Å². The van der Waals surface area contributed by atoms with E-state index in [2.05, 4.69) is 10.0 Å². The van der Waals surface area contributed by atoms with Crippen LogP contribution < -0.4 is 10.0 Å². The number of piperidine rings is 1. The zero-order chi connectivity index (χ0) is 20.9. The van der Waals surface area contributed by atoms with Crippen molar-refractivity contribution in [3.63, 3.8) is 0 Å². The lowest BCUT2D eigenvalue weighted by Crippen LogP contribution is -2.49. The summed E-state index contributed by atoms with van der Waals surface area (Å²) in [5, 5.41) is 2.94. The minimum absolute atomic E-state index is 0.0441. The standard InChI is InChI=1S/C20H30N4O4S/c1-21-29(27,28)15-18-8-3-2-7-16(18)13-22-19(25)17-9-6-12-24(14-17)20(26)23-10-4-5-11-23/h2-3,7-8,17,21H,4-6,9-15H2,1H3,(H,22,25)/t17-/m0/s1. The molecule has 3 amide bonds. The molecule has 1 atom stereocenters. The van der Waals surface area contributed by atoms with Crippen LogP contribution in [-0.4, -0.2) is 63.4 Å². The van der Waals surface area contributed by atoms with E-state index in [-0.39, 0.29) is 30.2 Å². The predicted molar refractivity (Wildman–Crippen MR) is 110 cm³/mol.